The molecule has 0 fully saturated rings. The van der Waals surface area contributed by atoms with Gasteiger partial charge in [0.15, 0.2) is 11.6 Å². The molecule has 0 aliphatic carbocycles. The monoisotopic (exact) mass is 264 g/mol. The summed E-state index contributed by atoms with van der Waals surface area (Å²) in [5.74, 6) is -0.315. The van der Waals surface area contributed by atoms with Crippen LogP contribution in [-0.4, -0.2) is 11.6 Å². The van der Waals surface area contributed by atoms with Crippen LogP contribution in [0.25, 0.3) is 0 Å². The van der Waals surface area contributed by atoms with E-state index in [1.165, 1.54) is 12.2 Å². The number of carbonyl (C=O) groups is 2. The zero-order valence-electron chi connectivity index (χ0n) is 11.6. The lowest BCUT2D eigenvalue weighted by atomic mass is 10.0. The van der Waals surface area contributed by atoms with Crippen LogP contribution in [0.4, 0.5) is 0 Å². The topological polar surface area (TPSA) is 34.1 Å². The molecule has 2 aromatic carbocycles. The van der Waals surface area contributed by atoms with Crippen LogP contribution in [0.1, 0.15) is 31.8 Å². The number of carbonyl (C=O) groups excluding carboxylic acids is 2. The third kappa shape index (κ3) is 3.51. The largest absolute Gasteiger partial charge is 0.289 e. The van der Waals surface area contributed by atoms with E-state index in [0.29, 0.717) is 11.1 Å². The predicted octanol–water partition coefficient (Wildman–Crippen LogP) is 3.93. The van der Waals surface area contributed by atoms with Gasteiger partial charge in [0.1, 0.15) is 0 Å². The third-order valence-electron chi connectivity index (χ3n) is 2.99. The Kier molecular flexibility index (Phi) is 4.26. The minimum atomic E-state index is -0.158. The lowest BCUT2D eigenvalue weighted by molar-refractivity contribution is 0.102. The Morgan fingerprint density at radius 1 is 0.750 bits per heavy atom. The van der Waals surface area contributed by atoms with Crippen LogP contribution < -0.4 is 0 Å². The van der Waals surface area contributed by atoms with Crippen LogP contribution in [0.5, 0.6) is 0 Å². The van der Waals surface area contributed by atoms with Crippen LogP contribution in [0.3, 0.4) is 0 Å². The minimum absolute atomic E-state index is 0.158. The van der Waals surface area contributed by atoms with E-state index in [9.17, 15) is 9.59 Å². The molecule has 0 unspecified atom stereocenters. The molecule has 0 aliphatic rings. The molecule has 100 valence electrons. The van der Waals surface area contributed by atoms with Crippen molar-refractivity contribution in [3.05, 3.63) is 82.9 Å². The standard InChI is InChI=1S/C18H16O2/c1-13-5-3-7-15(11-13)17(19)9-10-18(20)16-8-4-6-14(2)12-16/h3-12H,1-2H3/b10-9+. The van der Waals surface area contributed by atoms with Gasteiger partial charge in [-0.2, -0.15) is 0 Å². The highest BCUT2D eigenvalue weighted by Crippen LogP contribution is 2.08. The number of ketones is 2. The van der Waals surface area contributed by atoms with Crippen molar-refractivity contribution in [1.29, 1.82) is 0 Å². The predicted molar refractivity (Wildman–Crippen MR) is 80.2 cm³/mol. The number of allylic oxidation sites excluding steroid dienone is 2. The Morgan fingerprint density at radius 3 is 1.50 bits per heavy atom. The maximum Gasteiger partial charge on any atom is 0.185 e. The Labute approximate surface area is 118 Å². The van der Waals surface area contributed by atoms with Gasteiger partial charge in [0, 0.05) is 11.1 Å². The van der Waals surface area contributed by atoms with Crippen molar-refractivity contribution < 1.29 is 9.59 Å². The van der Waals surface area contributed by atoms with Gasteiger partial charge < -0.3 is 0 Å². The second-order valence-corrected chi connectivity index (χ2v) is 4.80. The molecule has 0 saturated carbocycles. The summed E-state index contributed by atoms with van der Waals surface area (Å²) in [4.78, 5) is 23.9. The van der Waals surface area contributed by atoms with Crippen molar-refractivity contribution in [3.63, 3.8) is 0 Å². The number of rotatable bonds is 4. The third-order valence-corrected chi connectivity index (χ3v) is 2.99. The van der Waals surface area contributed by atoms with Crippen LogP contribution >= 0.6 is 0 Å². The van der Waals surface area contributed by atoms with E-state index in [1.54, 1.807) is 12.1 Å². The lowest BCUT2D eigenvalue weighted by Gasteiger charge is -1.98. The van der Waals surface area contributed by atoms with Crippen LogP contribution in [0.2, 0.25) is 0 Å². The average molecular weight is 264 g/mol. The number of benzene rings is 2. The molecule has 0 saturated heterocycles. The van der Waals surface area contributed by atoms with Crippen LogP contribution in [-0.2, 0) is 0 Å². The Bertz CT molecular complexity index is 622. The summed E-state index contributed by atoms with van der Waals surface area (Å²) >= 11 is 0. The molecule has 0 amide bonds. The SMILES string of the molecule is Cc1cccc(C(=O)/C=C/C(=O)c2cccc(C)c2)c1. The Morgan fingerprint density at radius 2 is 1.15 bits per heavy atom. The van der Waals surface area contributed by atoms with E-state index in [0.717, 1.165) is 11.1 Å². The number of aryl methyl sites for hydroxylation is 2. The molecule has 2 heteroatoms. The zero-order valence-corrected chi connectivity index (χ0v) is 11.6. The maximum atomic E-state index is 12.0. The van der Waals surface area contributed by atoms with E-state index >= 15 is 0 Å². The summed E-state index contributed by atoms with van der Waals surface area (Å²) in [6.45, 7) is 3.86. The maximum absolute atomic E-state index is 12.0. The van der Waals surface area contributed by atoms with Gasteiger partial charge in [-0.05, 0) is 38.1 Å². The summed E-state index contributed by atoms with van der Waals surface area (Å²) in [5.41, 5.74) is 3.24. The summed E-state index contributed by atoms with van der Waals surface area (Å²) < 4.78 is 0. The molecular formula is C18H16O2. The molecule has 0 aromatic heterocycles. The number of hydrogen-bond acceptors (Lipinski definition) is 2. The highest BCUT2D eigenvalue weighted by atomic mass is 16.1. The van der Waals surface area contributed by atoms with E-state index in [1.807, 2.05) is 50.2 Å². The van der Waals surface area contributed by atoms with E-state index in [-0.39, 0.29) is 11.6 Å². The Balaban J connectivity index is 2.13. The fourth-order valence-corrected chi connectivity index (χ4v) is 1.94. The van der Waals surface area contributed by atoms with E-state index in [4.69, 9.17) is 0 Å². The summed E-state index contributed by atoms with van der Waals surface area (Å²) in [5, 5.41) is 0. The molecule has 2 nitrogen and oxygen atoms in total. The summed E-state index contributed by atoms with van der Waals surface area (Å²) in [6, 6.07) is 14.6. The van der Waals surface area contributed by atoms with Gasteiger partial charge in [0.2, 0.25) is 0 Å². The van der Waals surface area contributed by atoms with Gasteiger partial charge in [-0.25, -0.2) is 0 Å². The minimum Gasteiger partial charge on any atom is -0.289 e. The first-order valence-corrected chi connectivity index (χ1v) is 6.46. The van der Waals surface area contributed by atoms with E-state index in [2.05, 4.69) is 0 Å². The molecule has 2 rings (SSSR count). The Hall–Kier alpha value is -2.48. The van der Waals surface area contributed by atoms with Crippen molar-refractivity contribution in [2.24, 2.45) is 0 Å². The van der Waals surface area contributed by atoms with Gasteiger partial charge >= 0.3 is 0 Å². The molecule has 0 aliphatic heterocycles. The molecule has 2 aromatic rings. The van der Waals surface area contributed by atoms with Crippen LogP contribution in [0, 0.1) is 13.8 Å². The van der Waals surface area contributed by atoms with Gasteiger partial charge in [-0.3, -0.25) is 9.59 Å². The zero-order chi connectivity index (χ0) is 14.5. The quantitative estimate of drug-likeness (QED) is 0.619. The van der Waals surface area contributed by atoms with Gasteiger partial charge in [0.25, 0.3) is 0 Å². The van der Waals surface area contributed by atoms with Crippen molar-refractivity contribution >= 4 is 11.6 Å². The highest BCUT2D eigenvalue weighted by molar-refractivity contribution is 6.11. The van der Waals surface area contributed by atoms with Gasteiger partial charge in [-0.15, -0.1) is 0 Å². The summed E-state index contributed by atoms with van der Waals surface area (Å²) in [6.07, 6.45) is 2.67. The molecule has 0 heterocycles. The lowest BCUT2D eigenvalue weighted by Crippen LogP contribution is -1.99. The van der Waals surface area contributed by atoms with E-state index < -0.39 is 0 Å². The smallest absolute Gasteiger partial charge is 0.185 e. The molecule has 0 spiro atoms. The fraction of sp³-hybridized carbons (Fsp3) is 0.111. The molecule has 20 heavy (non-hydrogen) atoms. The van der Waals surface area contributed by atoms with Crippen molar-refractivity contribution in [1.82, 2.24) is 0 Å². The van der Waals surface area contributed by atoms with Crippen molar-refractivity contribution in [2.75, 3.05) is 0 Å². The van der Waals surface area contributed by atoms with Gasteiger partial charge in [-0.1, -0.05) is 47.5 Å². The first-order chi connectivity index (χ1) is 9.56. The fourth-order valence-electron chi connectivity index (χ4n) is 1.94. The number of hydrogen-bond donors (Lipinski definition) is 0. The van der Waals surface area contributed by atoms with Crippen molar-refractivity contribution in [2.45, 2.75) is 13.8 Å². The summed E-state index contributed by atoms with van der Waals surface area (Å²) in [7, 11) is 0. The second-order valence-electron chi connectivity index (χ2n) is 4.80. The molecule has 0 atom stereocenters. The molecule has 0 bridgehead atoms. The highest BCUT2D eigenvalue weighted by Gasteiger charge is 2.05. The normalized spacial score (nSPS) is 10.7. The average Bonchev–Trinajstić information content (AvgIpc) is 2.44. The second kappa shape index (κ2) is 6.11. The molecule has 0 radical (unpaired) electrons. The molecule has 0 N–H and O–H groups in total. The first-order valence-electron chi connectivity index (χ1n) is 6.46. The first kappa shape index (κ1) is 13.9. The van der Waals surface area contributed by atoms with Crippen molar-refractivity contribution in [3.8, 4) is 0 Å². The van der Waals surface area contributed by atoms with Gasteiger partial charge in [0.05, 0.1) is 0 Å². The molecular weight excluding hydrogens is 248 g/mol. The van der Waals surface area contributed by atoms with Crippen LogP contribution in [0.15, 0.2) is 60.7 Å².